The van der Waals surface area contributed by atoms with Crippen molar-refractivity contribution in [2.75, 3.05) is 5.23 Å². The van der Waals surface area contributed by atoms with E-state index < -0.39 is 6.04 Å². The van der Waals surface area contributed by atoms with Gasteiger partial charge < -0.3 is 30.2 Å². The number of carbonyl (C=O) groups is 1. The Kier molecular flexibility index (Phi) is 5.50. The zero-order chi connectivity index (χ0) is 22.1. The number of aromatic nitrogens is 4. The fourth-order valence-electron chi connectivity index (χ4n) is 4.43. The lowest BCUT2D eigenvalue weighted by atomic mass is 9.95. The molecule has 168 valence electrons. The average molecular weight is 438 g/mol. The molecule has 1 aliphatic carbocycles. The summed E-state index contributed by atoms with van der Waals surface area (Å²) in [5.41, 5.74) is 2.33. The first-order chi connectivity index (χ1) is 15.6. The van der Waals surface area contributed by atoms with Gasteiger partial charge in [-0.3, -0.25) is 5.21 Å². The van der Waals surface area contributed by atoms with Gasteiger partial charge >= 0.3 is 6.03 Å². The molecule has 5 rings (SSSR count). The maximum atomic E-state index is 13.2. The van der Waals surface area contributed by atoms with Crippen molar-refractivity contribution >= 4 is 11.7 Å². The highest BCUT2D eigenvalue weighted by Crippen LogP contribution is 2.33. The second-order valence-corrected chi connectivity index (χ2v) is 8.24. The first-order valence-corrected chi connectivity index (χ1v) is 10.8. The largest absolute Gasteiger partial charge is 0.733 e. The summed E-state index contributed by atoms with van der Waals surface area (Å²) in [7, 11) is 0. The number of nitrogens with one attached hydrogen (secondary N) is 2. The quantitative estimate of drug-likeness (QED) is 0.526. The Hall–Kier alpha value is -3.44. The highest BCUT2D eigenvalue weighted by Gasteiger charge is 2.37. The van der Waals surface area contributed by atoms with Gasteiger partial charge in [0, 0.05) is 18.0 Å². The number of aromatic amines is 1. The number of anilines is 1. The van der Waals surface area contributed by atoms with Crippen molar-refractivity contribution in [3.63, 3.8) is 0 Å². The van der Waals surface area contributed by atoms with Crippen molar-refractivity contribution < 1.29 is 14.5 Å². The summed E-state index contributed by atoms with van der Waals surface area (Å²) < 4.78 is 5.55. The van der Waals surface area contributed by atoms with Crippen LogP contribution in [0.2, 0.25) is 0 Å². The molecule has 2 aromatic heterocycles. The van der Waals surface area contributed by atoms with Gasteiger partial charge in [-0.2, -0.15) is 4.98 Å². The molecule has 0 saturated heterocycles. The number of nitrogens with zero attached hydrogens (tertiary/aromatic N) is 5. The molecule has 3 heterocycles. The average Bonchev–Trinajstić information content (AvgIpc) is 3.48. The Labute approximate surface area is 184 Å². The number of fused-ring (bicyclic) bond motifs is 1. The number of carbonyl (C=O) groups excluding carboxylic acids is 1. The normalized spacial score (nSPS) is 18.9. The fraction of sp³-hybridized carbons (Fsp3) is 0.429. The zero-order valence-electron chi connectivity index (χ0n) is 17.4. The summed E-state index contributed by atoms with van der Waals surface area (Å²) in [6.07, 6.45) is 7.51. The second kappa shape index (κ2) is 8.60. The molecule has 1 aliphatic heterocycles. The van der Waals surface area contributed by atoms with Crippen LogP contribution in [0.25, 0.3) is 11.4 Å². The van der Waals surface area contributed by atoms with Crippen molar-refractivity contribution in [1.29, 1.82) is 0 Å². The van der Waals surface area contributed by atoms with Crippen molar-refractivity contribution in [3.05, 3.63) is 53.1 Å². The molecular formula is C21H24N7O4-. The van der Waals surface area contributed by atoms with Gasteiger partial charge in [-0.15, -0.1) is 0 Å². The molecule has 0 spiro atoms. The minimum absolute atomic E-state index is 0.0566. The molecular weight excluding hydrogens is 414 g/mol. The molecule has 0 unspecified atom stereocenters. The molecule has 2 aliphatic rings. The second-order valence-electron chi connectivity index (χ2n) is 8.24. The maximum absolute atomic E-state index is 13.2. The molecule has 1 atom stereocenters. The number of hydrogen-bond acceptors (Lipinski definition) is 8. The topological polar surface area (TPSA) is 146 Å². The Bertz CT molecular complexity index is 1090. The molecule has 1 aromatic carbocycles. The van der Waals surface area contributed by atoms with Crippen molar-refractivity contribution in [2.24, 2.45) is 0 Å². The third kappa shape index (κ3) is 4.04. The van der Waals surface area contributed by atoms with Crippen molar-refractivity contribution in [2.45, 2.75) is 57.2 Å². The van der Waals surface area contributed by atoms with Gasteiger partial charge in [0.15, 0.2) is 0 Å². The highest BCUT2D eigenvalue weighted by atomic mass is 16.8. The van der Waals surface area contributed by atoms with Crippen molar-refractivity contribution in [3.8, 4) is 11.4 Å². The van der Waals surface area contributed by atoms with Crippen LogP contribution in [0.1, 0.15) is 55.4 Å². The molecule has 0 radical (unpaired) electrons. The monoisotopic (exact) mass is 438 g/mol. The number of imidazole rings is 1. The Morgan fingerprint density at radius 3 is 2.97 bits per heavy atom. The Morgan fingerprint density at radius 1 is 1.31 bits per heavy atom. The van der Waals surface area contributed by atoms with Gasteiger partial charge in [0.1, 0.15) is 6.04 Å². The summed E-state index contributed by atoms with van der Waals surface area (Å²) in [5, 5.41) is 27.3. The smallest absolute Gasteiger partial charge is 0.318 e. The van der Waals surface area contributed by atoms with Crippen LogP contribution in [-0.2, 0) is 13.0 Å². The Balaban J connectivity index is 1.41. The molecule has 1 saturated carbocycles. The molecule has 2 amide bonds. The summed E-state index contributed by atoms with van der Waals surface area (Å²) in [6.45, 7) is 0.363. The predicted octanol–water partition coefficient (Wildman–Crippen LogP) is 3.29. The first kappa shape index (κ1) is 20.5. The van der Waals surface area contributed by atoms with E-state index in [-0.39, 0.29) is 28.8 Å². The number of urea groups is 1. The minimum Gasteiger partial charge on any atom is -0.733 e. The van der Waals surface area contributed by atoms with Gasteiger partial charge in [-0.05, 0) is 25.0 Å². The van der Waals surface area contributed by atoms with Gasteiger partial charge in [-0.1, -0.05) is 36.6 Å². The lowest BCUT2D eigenvalue weighted by Gasteiger charge is -2.34. The number of H-pyrrole nitrogens is 1. The van der Waals surface area contributed by atoms with E-state index in [1.165, 1.54) is 18.6 Å². The number of rotatable bonds is 4. The molecule has 11 nitrogen and oxygen atoms in total. The summed E-state index contributed by atoms with van der Waals surface area (Å²) in [5.74, 6) is 0.560. The lowest BCUT2D eigenvalue weighted by Crippen LogP contribution is -2.48. The molecule has 11 heteroatoms. The van der Waals surface area contributed by atoms with Crippen LogP contribution < -0.4 is 10.5 Å². The summed E-state index contributed by atoms with van der Waals surface area (Å²) in [6, 6.07) is 5.80. The number of amides is 2. The van der Waals surface area contributed by atoms with E-state index in [9.17, 15) is 10.0 Å². The van der Waals surface area contributed by atoms with E-state index in [0.717, 1.165) is 37.1 Å². The van der Waals surface area contributed by atoms with Crippen LogP contribution in [0.15, 0.2) is 35.1 Å². The van der Waals surface area contributed by atoms with Crippen LogP contribution in [-0.4, -0.2) is 42.3 Å². The van der Waals surface area contributed by atoms with E-state index in [2.05, 4.69) is 25.4 Å². The van der Waals surface area contributed by atoms with Crippen LogP contribution >= 0.6 is 0 Å². The van der Waals surface area contributed by atoms with Gasteiger partial charge in [-0.25, -0.2) is 9.78 Å². The summed E-state index contributed by atoms with van der Waals surface area (Å²) in [4.78, 5) is 26.9. The van der Waals surface area contributed by atoms with E-state index in [0.29, 0.717) is 24.4 Å². The SMILES string of the molecule is O=C(NC1CCCCC1)N1Cc2[nH]cnc2C[C@H]1c1nc(-c2cccc(N([O-])O)c2)no1. The molecule has 0 bridgehead atoms. The number of benzene rings is 1. The van der Waals surface area contributed by atoms with E-state index >= 15 is 0 Å². The van der Waals surface area contributed by atoms with Gasteiger partial charge in [0.2, 0.25) is 11.7 Å². The predicted molar refractivity (Wildman–Crippen MR) is 113 cm³/mol. The summed E-state index contributed by atoms with van der Waals surface area (Å²) >= 11 is 0. The fourth-order valence-corrected chi connectivity index (χ4v) is 4.43. The van der Waals surface area contributed by atoms with E-state index in [1.807, 2.05) is 0 Å². The molecule has 3 N–H and O–H groups in total. The van der Waals surface area contributed by atoms with Crippen molar-refractivity contribution in [1.82, 2.24) is 30.3 Å². The lowest BCUT2D eigenvalue weighted by molar-refractivity contribution is 0.138. The third-order valence-electron chi connectivity index (χ3n) is 6.14. The van der Waals surface area contributed by atoms with Crippen LogP contribution in [0.4, 0.5) is 10.5 Å². The molecule has 1 fully saturated rings. The van der Waals surface area contributed by atoms with E-state index in [4.69, 9.17) is 9.73 Å². The van der Waals surface area contributed by atoms with Gasteiger partial charge in [0.05, 0.1) is 29.9 Å². The van der Waals surface area contributed by atoms with Crippen LogP contribution in [0.3, 0.4) is 0 Å². The minimum atomic E-state index is -0.465. The van der Waals surface area contributed by atoms with Gasteiger partial charge in [0.25, 0.3) is 0 Å². The molecule has 32 heavy (non-hydrogen) atoms. The van der Waals surface area contributed by atoms with Crippen LogP contribution in [0, 0.1) is 5.21 Å². The maximum Gasteiger partial charge on any atom is 0.318 e. The van der Waals surface area contributed by atoms with E-state index in [1.54, 1.807) is 23.4 Å². The third-order valence-corrected chi connectivity index (χ3v) is 6.14. The number of hydrogen-bond donors (Lipinski definition) is 3. The zero-order valence-corrected chi connectivity index (χ0v) is 17.4. The van der Waals surface area contributed by atoms with Crippen LogP contribution in [0.5, 0.6) is 0 Å². The first-order valence-electron chi connectivity index (χ1n) is 10.8. The Morgan fingerprint density at radius 2 is 2.16 bits per heavy atom. The molecule has 3 aromatic rings. The standard InChI is InChI=1S/C21H24N7O4/c29-21(24-14-6-2-1-3-7-14)27-11-17-16(22-12-23-17)10-18(27)20-25-19(26-32-20)13-5-4-8-15(9-13)28(30)31/h4-5,8-9,12,14,18,30H,1-3,6-7,10-11H2,(H,22,23)(H,24,29)/q-1/t18-/m0/s1. The highest BCUT2D eigenvalue weighted by molar-refractivity contribution is 5.75.